The number of unbranched alkanes of at least 4 members (excludes halogenated alkanes) is 3. The fraction of sp³-hybridized carbons (Fsp3) is 0.690. The van der Waals surface area contributed by atoms with Crippen LogP contribution in [0.3, 0.4) is 0 Å². The molecule has 1 heterocycles. The van der Waals surface area contributed by atoms with E-state index in [2.05, 4.69) is 37.8 Å². The Morgan fingerprint density at radius 3 is 2.36 bits per heavy atom. The number of carbonyl (C=O) groups excluding carboxylic acids is 1. The van der Waals surface area contributed by atoms with E-state index in [1.807, 2.05) is 6.08 Å². The number of allylic oxidation sites excluding steroid dienone is 1. The van der Waals surface area contributed by atoms with Crippen LogP contribution in [-0.2, 0) is 24.4 Å². The fourth-order valence-electron chi connectivity index (χ4n) is 6.22. The van der Waals surface area contributed by atoms with Crippen molar-refractivity contribution in [3.05, 3.63) is 48.0 Å². The molecule has 3 aliphatic carbocycles. The summed E-state index contributed by atoms with van der Waals surface area (Å²) in [6.45, 7) is 6.67. The molecule has 2 atom stereocenters. The summed E-state index contributed by atoms with van der Waals surface area (Å²) in [6, 6.07) is 9.11. The monoisotopic (exact) mass is 454 g/mol. The van der Waals surface area contributed by atoms with Gasteiger partial charge in [-0.25, -0.2) is 0 Å². The van der Waals surface area contributed by atoms with Gasteiger partial charge in [-0.15, -0.1) is 6.58 Å². The van der Waals surface area contributed by atoms with Gasteiger partial charge in [0.2, 0.25) is 6.29 Å². The van der Waals surface area contributed by atoms with Gasteiger partial charge in [-0.2, -0.15) is 0 Å². The Bertz CT molecular complexity index is 751. The zero-order chi connectivity index (χ0) is 23.2. The molecule has 5 rings (SSSR count). The standard InChI is InChI=1S/C29H42O4/c1-3-5-7-9-26(30)33-27-22-31-25(21-32-27)23-10-12-24(13-11-23)29-18-15-28(16-19-29,17-20-29)14-8-6-4-2/h3,10-13,25,27H,1,4-9,14-22H2,2H3. The molecule has 4 aliphatic rings. The molecule has 1 saturated heterocycles. The summed E-state index contributed by atoms with van der Waals surface area (Å²) in [7, 11) is 0. The van der Waals surface area contributed by atoms with Crippen molar-refractivity contribution in [2.75, 3.05) is 13.2 Å². The van der Waals surface area contributed by atoms with Crippen molar-refractivity contribution in [2.45, 2.75) is 108 Å². The first-order chi connectivity index (χ1) is 16.1. The third-order valence-electron chi connectivity index (χ3n) is 8.53. The second kappa shape index (κ2) is 11.2. The van der Waals surface area contributed by atoms with Gasteiger partial charge in [0.1, 0.15) is 12.7 Å². The summed E-state index contributed by atoms with van der Waals surface area (Å²) in [5.74, 6) is -0.234. The maximum Gasteiger partial charge on any atom is 0.308 e. The molecule has 2 bridgehead atoms. The highest BCUT2D eigenvalue weighted by atomic mass is 16.7. The second-order valence-electron chi connectivity index (χ2n) is 10.6. The van der Waals surface area contributed by atoms with E-state index in [1.165, 1.54) is 69.8 Å². The summed E-state index contributed by atoms with van der Waals surface area (Å²) in [6.07, 6.45) is 16.9. The summed E-state index contributed by atoms with van der Waals surface area (Å²) in [5, 5.41) is 0. The molecule has 0 N–H and O–H groups in total. The fourth-order valence-corrected chi connectivity index (χ4v) is 6.22. The lowest BCUT2D eigenvalue weighted by Crippen LogP contribution is -2.44. The molecular formula is C29H42O4. The van der Waals surface area contributed by atoms with Crippen LogP contribution in [0.15, 0.2) is 36.9 Å². The molecule has 1 aromatic rings. The lowest BCUT2D eigenvalue weighted by molar-refractivity contribution is -0.233. The van der Waals surface area contributed by atoms with Crippen LogP contribution in [0.2, 0.25) is 0 Å². The van der Waals surface area contributed by atoms with Crippen LogP contribution in [0.1, 0.15) is 108 Å². The van der Waals surface area contributed by atoms with Crippen molar-refractivity contribution >= 4 is 5.97 Å². The van der Waals surface area contributed by atoms with E-state index in [9.17, 15) is 4.79 Å². The first-order valence-electron chi connectivity index (χ1n) is 13.2. The van der Waals surface area contributed by atoms with E-state index in [4.69, 9.17) is 14.2 Å². The van der Waals surface area contributed by atoms with Crippen LogP contribution < -0.4 is 0 Å². The normalized spacial score (nSPS) is 31.3. The molecule has 0 radical (unpaired) electrons. The Kier molecular flexibility index (Phi) is 8.29. The van der Waals surface area contributed by atoms with E-state index >= 15 is 0 Å². The van der Waals surface area contributed by atoms with Crippen LogP contribution in [0.25, 0.3) is 0 Å². The Morgan fingerprint density at radius 1 is 1.03 bits per heavy atom. The van der Waals surface area contributed by atoms with Gasteiger partial charge in [-0.3, -0.25) is 4.79 Å². The molecule has 1 aliphatic heterocycles. The topological polar surface area (TPSA) is 44.8 Å². The van der Waals surface area contributed by atoms with Crippen molar-refractivity contribution in [1.29, 1.82) is 0 Å². The SMILES string of the molecule is C=CCCCC(=O)OC1COC(c2ccc(C34CCC(CCCCC)(CC3)CC4)cc2)CO1. The van der Waals surface area contributed by atoms with E-state index in [1.54, 1.807) is 0 Å². The van der Waals surface area contributed by atoms with Gasteiger partial charge in [0.25, 0.3) is 0 Å². The molecule has 0 aromatic heterocycles. The van der Waals surface area contributed by atoms with Gasteiger partial charge in [-0.1, -0.05) is 56.5 Å². The lowest BCUT2D eigenvalue weighted by atomic mass is 9.51. The minimum atomic E-state index is -0.599. The van der Waals surface area contributed by atoms with Crippen molar-refractivity contribution < 1.29 is 19.0 Å². The number of ether oxygens (including phenoxy) is 3. The molecule has 4 fully saturated rings. The van der Waals surface area contributed by atoms with Crippen molar-refractivity contribution in [1.82, 2.24) is 0 Å². The van der Waals surface area contributed by atoms with E-state index in [0.717, 1.165) is 18.4 Å². The molecule has 3 saturated carbocycles. The van der Waals surface area contributed by atoms with Crippen molar-refractivity contribution in [2.24, 2.45) is 5.41 Å². The van der Waals surface area contributed by atoms with Gasteiger partial charge in [0.05, 0.1) is 6.61 Å². The third-order valence-corrected chi connectivity index (χ3v) is 8.53. The van der Waals surface area contributed by atoms with Crippen molar-refractivity contribution in [3.8, 4) is 0 Å². The van der Waals surface area contributed by atoms with Gasteiger partial charge in [0, 0.05) is 6.42 Å². The second-order valence-corrected chi connectivity index (χ2v) is 10.6. The zero-order valence-electron chi connectivity index (χ0n) is 20.5. The molecular weight excluding hydrogens is 412 g/mol. The van der Waals surface area contributed by atoms with Crippen LogP contribution >= 0.6 is 0 Å². The van der Waals surface area contributed by atoms with Crippen LogP contribution in [0.5, 0.6) is 0 Å². The molecule has 33 heavy (non-hydrogen) atoms. The first-order valence-corrected chi connectivity index (χ1v) is 13.2. The Labute approximate surface area is 200 Å². The highest BCUT2D eigenvalue weighted by molar-refractivity contribution is 5.69. The Balaban J connectivity index is 1.26. The minimum Gasteiger partial charge on any atom is -0.433 e. The van der Waals surface area contributed by atoms with Gasteiger partial charge in [-0.05, 0) is 79.7 Å². The molecule has 1 aromatic carbocycles. The number of carbonyl (C=O) groups is 1. The van der Waals surface area contributed by atoms with E-state index < -0.39 is 6.29 Å². The average Bonchev–Trinajstić information content (AvgIpc) is 2.86. The summed E-state index contributed by atoms with van der Waals surface area (Å²) in [5.41, 5.74) is 3.69. The summed E-state index contributed by atoms with van der Waals surface area (Å²) >= 11 is 0. The molecule has 2 unspecified atom stereocenters. The molecule has 182 valence electrons. The number of esters is 1. The smallest absolute Gasteiger partial charge is 0.308 e. The quantitative estimate of drug-likeness (QED) is 0.202. The van der Waals surface area contributed by atoms with E-state index in [0.29, 0.717) is 23.9 Å². The highest BCUT2D eigenvalue weighted by Gasteiger charge is 2.48. The molecule has 0 amide bonds. The summed E-state index contributed by atoms with van der Waals surface area (Å²) in [4.78, 5) is 11.9. The van der Waals surface area contributed by atoms with Gasteiger partial charge >= 0.3 is 5.97 Å². The highest BCUT2D eigenvalue weighted by Crippen LogP contribution is 2.59. The largest absolute Gasteiger partial charge is 0.433 e. The van der Waals surface area contributed by atoms with Crippen molar-refractivity contribution in [3.63, 3.8) is 0 Å². The molecule has 4 nitrogen and oxygen atoms in total. The van der Waals surface area contributed by atoms with Crippen LogP contribution in [0, 0.1) is 5.41 Å². The number of rotatable bonds is 11. The predicted molar refractivity (Wildman–Crippen MR) is 131 cm³/mol. The first kappa shape index (κ1) is 24.5. The van der Waals surface area contributed by atoms with E-state index in [-0.39, 0.29) is 18.7 Å². The molecule has 4 heteroatoms. The van der Waals surface area contributed by atoms with Crippen LogP contribution in [0.4, 0.5) is 0 Å². The maximum absolute atomic E-state index is 11.9. The Morgan fingerprint density at radius 2 is 1.76 bits per heavy atom. The summed E-state index contributed by atoms with van der Waals surface area (Å²) < 4.78 is 17.1. The number of hydrogen-bond acceptors (Lipinski definition) is 4. The lowest BCUT2D eigenvalue weighted by Gasteiger charge is -2.54. The van der Waals surface area contributed by atoms with Gasteiger partial charge < -0.3 is 14.2 Å². The maximum atomic E-state index is 11.9. The number of hydrogen-bond donors (Lipinski definition) is 0. The zero-order valence-corrected chi connectivity index (χ0v) is 20.5. The predicted octanol–water partition coefficient (Wildman–Crippen LogP) is 7.17. The Hall–Kier alpha value is -1.65. The number of benzene rings is 1. The van der Waals surface area contributed by atoms with Crippen LogP contribution in [-0.4, -0.2) is 25.5 Å². The minimum absolute atomic E-state index is 0.101. The average molecular weight is 455 g/mol. The van der Waals surface area contributed by atoms with Gasteiger partial charge in [0.15, 0.2) is 0 Å². The third kappa shape index (κ3) is 5.89. The number of fused-ring (bicyclic) bond motifs is 3. The molecule has 0 spiro atoms.